The standard InChI is InChI=1S/C11H14F/c1-3-4-5-10-7-6-9(2)8-11(10)12/h3,6-8H,4-5H2,1-2H3. The van der Waals surface area contributed by atoms with Gasteiger partial charge in [-0.05, 0) is 43.4 Å². The zero-order chi connectivity index (χ0) is 8.97. The maximum Gasteiger partial charge on any atom is 0.126 e. The molecule has 0 aliphatic heterocycles. The third kappa shape index (κ3) is 2.33. The van der Waals surface area contributed by atoms with Gasteiger partial charge in [0, 0.05) is 0 Å². The molecule has 0 saturated carbocycles. The molecule has 0 fully saturated rings. The van der Waals surface area contributed by atoms with Gasteiger partial charge in [0.2, 0.25) is 0 Å². The molecule has 0 saturated heterocycles. The molecule has 0 aromatic heterocycles. The highest BCUT2D eigenvalue weighted by atomic mass is 19.1. The number of benzene rings is 1. The Bertz CT molecular complexity index is 253. The van der Waals surface area contributed by atoms with E-state index in [1.54, 1.807) is 6.07 Å². The highest BCUT2D eigenvalue weighted by Crippen LogP contribution is 2.12. The van der Waals surface area contributed by atoms with Gasteiger partial charge < -0.3 is 0 Å². The average molecular weight is 165 g/mol. The molecular formula is C11H14F. The third-order valence-electron chi connectivity index (χ3n) is 1.91. The van der Waals surface area contributed by atoms with E-state index in [0.717, 1.165) is 24.0 Å². The van der Waals surface area contributed by atoms with E-state index in [9.17, 15) is 4.39 Å². The fourth-order valence-corrected chi connectivity index (χ4v) is 1.15. The van der Waals surface area contributed by atoms with Gasteiger partial charge in [-0.2, -0.15) is 0 Å². The lowest BCUT2D eigenvalue weighted by Crippen LogP contribution is -1.90. The van der Waals surface area contributed by atoms with Gasteiger partial charge in [-0.25, -0.2) is 4.39 Å². The molecular weight excluding hydrogens is 151 g/mol. The second-order valence-electron chi connectivity index (χ2n) is 3.04. The summed E-state index contributed by atoms with van der Waals surface area (Å²) in [6.45, 7) is 3.89. The Morgan fingerprint density at radius 2 is 2.17 bits per heavy atom. The lowest BCUT2D eigenvalue weighted by atomic mass is 10.1. The SMILES string of the molecule is C[CH]CCc1ccc(C)cc1F. The van der Waals surface area contributed by atoms with Crippen LogP contribution in [0.1, 0.15) is 24.5 Å². The van der Waals surface area contributed by atoms with Crippen molar-refractivity contribution >= 4 is 0 Å². The lowest BCUT2D eigenvalue weighted by molar-refractivity contribution is 0.607. The van der Waals surface area contributed by atoms with E-state index in [4.69, 9.17) is 0 Å². The topological polar surface area (TPSA) is 0 Å². The van der Waals surface area contributed by atoms with Crippen LogP contribution in [0.2, 0.25) is 0 Å². The van der Waals surface area contributed by atoms with Crippen molar-refractivity contribution in [3.63, 3.8) is 0 Å². The summed E-state index contributed by atoms with van der Waals surface area (Å²) >= 11 is 0. The van der Waals surface area contributed by atoms with Crippen LogP contribution in [-0.2, 0) is 6.42 Å². The van der Waals surface area contributed by atoms with Crippen LogP contribution in [0.5, 0.6) is 0 Å². The second kappa shape index (κ2) is 4.24. The molecule has 0 nitrogen and oxygen atoms in total. The summed E-state index contributed by atoms with van der Waals surface area (Å²) in [6, 6.07) is 5.41. The van der Waals surface area contributed by atoms with Crippen molar-refractivity contribution in [1.82, 2.24) is 0 Å². The Hall–Kier alpha value is -0.850. The molecule has 0 N–H and O–H groups in total. The monoisotopic (exact) mass is 165 g/mol. The van der Waals surface area contributed by atoms with E-state index >= 15 is 0 Å². The summed E-state index contributed by atoms with van der Waals surface area (Å²) < 4.78 is 13.2. The maximum absolute atomic E-state index is 13.2. The highest BCUT2D eigenvalue weighted by molar-refractivity contribution is 5.23. The predicted molar refractivity (Wildman–Crippen MR) is 49.4 cm³/mol. The van der Waals surface area contributed by atoms with Crippen LogP contribution < -0.4 is 0 Å². The first-order valence-electron chi connectivity index (χ1n) is 4.27. The summed E-state index contributed by atoms with van der Waals surface area (Å²) in [6.07, 6.45) is 3.81. The minimum atomic E-state index is -0.0724. The molecule has 1 radical (unpaired) electrons. The molecule has 0 unspecified atom stereocenters. The van der Waals surface area contributed by atoms with Gasteiger partial charge >= 0.3 is 0 Å². The summed E-state index contributed by atoms with van der Waals surface area (Å²) in [7, 11) is 0. The van der Waals surface area contributed by atoms with Crippen molar-refractivity contribution in [1.29, 1.82) is 0 Å². The molecule has 1 heteroatoms. The first-order valence-corrected chi connectivity index (χ1v) is 4.27. The Morgan fingerprint density at radius 1 is 1.42 bits per heavy atom. The smallest absolute Gasteiger partial charge is 0.126 e. The zero-order valence-corrected chi connectivity index (χ0v) is 7.60. The molecule has 65 valence electrons. The number of aryl methyl sites for hydroxylation is 2. The van der Waals surface area contributed by atoms with Gasteiger partial charge in [0.1, 0.15) is 5.82 Å². The molecule has 1 aromatic rings. The molecule has 0 heterocycles. The lowest BCUT2D eigenvalue weighted by Gasteiger charge is -2.02. The van der Waals surface area contributed by atoms with Crippen LogP contribution in [0, 0.1) is 19.2 Å². The molecule has 0 bridgehead atoms. The molecule has 0 aliphatic carbocycles. The Labute approximate surface area is 73.4 Å². The van der Waals surface area contributed by atoms with Crippen LogP contribution in [-0.4, -0.2) is 0 Å². The second-order valence-corrected chi connectivity index (χ2v) is 3.04. The molecule has 0 atom stereocenters. The molecule has 1 aromatic carbocycles. The first-order chi connectivity index (χ1) is 5.74. The first kappa shape index (κ1) is 9.24. The van der Waals surface area contributed by atoms with Gasteiger partial charge in [-0.15, -0.1) is 0 Å². The molecule has 12 heavy (non-hydrogen) atoms. The van der Waals surface area contributed by atoms with Crippen LogP contribution in [0.4, 0.5) is 4.39 Å². The molecule has 0 amide bonds. The van der Waals surface area contributed by atoms with Crippen molar-refractivity contribution in [3.05, 3.63) is 41.6 Å². The van der Waals surface area contributed by atoms with E-state index in [0.29, 0.717) is 0 Å². The summed E-state index contributed by atoms with van der Waals surface area (Å²) in [4.78, 5) is 0. The van der Waals surface area contributed by atoms with Gasteiger partial charge in [0.05, 0.1) is 0 Å². The average Bonchev–Trinajstić information content (AvgIpc) is 2.03. The van der Waals surface area contributed by atoms with Crippen molar-refractivity contribution in [2.24, 2.45) is 0 Å². The number of halogens is 1. The summed E-state index contributed by atoms with van der Waals surface area (Å²) in [5.41, 5.74) is 1.80. The van der Waals surface area contributed by atoms with Gasteiger partial charge in [-0.3, -0.25) is 0 Å². The molecule has 0 aliphatic rings. The van der Waals surface area contributed by atoms with Gasteiger partial charge in [0.25, 0.3) is 0 Å². The van der Waals surface area contributed by atoms with E-state index < -0.39 is 0 Å². The number of hydrogen-bond donors (Lipinski definition) is 0. The minimum Gasteiger partial charge on any atom is -0.207 e. The highest BCUT2D eigenvalue weighted by Gasteiger charge is 2.00. The number of hydrogen-bond acceptors (Lipinski definition) is 0. The van der Waals surface area contributed by atoms with E-state index in [1.165, 1.54) is 0 Å². The van der Waals surface area contributed by atoms with E-state index in [1.807, 2.05) is 26.0 Å². The van der Waals surface area contributed by atoms with Crippen molar-refractivity contribution in [2.75, 3.05) is 0 Å². The maximum atomic E-state index is 13.2. The summed E-state index contributed by atoms with van der Waals surface area (Å²) in [5, 5.41) is 0. The predicted octanol–water partition coefficient (Wildman–Crippen LogP) is 3.29. The van der Waals surface area contributed by atoms with E-state index in [-0.39, 0.29) is 5.82 Å². The fraction of sp³-hybridized carbons (Fsp3) is 0.364. The van der Waals surface area contributed by atoms with Crippen LogP contribution in [0.25, 0.3) is 0 Å². The van der Waals surface area contributed by atoms with Crippen molar-refractivity contribution < 1.29 is 4.39 Å². The third-order valence-corrected chi connectivity index (χ3v) is 1.91. The number of unbranched alkanes of at least 4 members (excludes halogenated alkanes) is 1. The molecule has 0 spiro atoms. The fourth-order valence-electron chi connectivity index (χ4n) is 1.15. The van der Waals surface area contributed by atoms with Gasteiger partial charge in [0.15, 0.2) is 0 Å². The van der Waals surface area contributed by atoms with E-state index in [2.05, 4.69) is 6.42 Å². The largest absolute Gasteiger partial charge is 0.207 e. The van der Waals surface area contributed by atoms with Crippen molar-refractivity contribution in [2.45, 2.75) is 26.7 Å². The number of rotatable bonds is 3. The van der Waals surface area contributed by atoms with Gasteiger partial charge in [-0.1, -0.05) is 19.1 Å². The summed E-state index contributed by atoms with van der Waals surface area (Å²) in [5.74, 6) is -0.0724. The normalized spacial score (nSPS) is 10.2. The van der Waals surface area contributed by atoms with Crippen LogP contribution in [0.3, 0.4) is 0 Å². The van der Waals surface area contributed by atoms with Crippen molar-refractivity contribution in [3.8, 4) is 0 Å². The Balaban J connectivity index is 2.72. The quantitative estimate of drug-likeness (QED) is 0.644. The molecule has 1 rings (SSSR count). The van der Waals surface area contributed by atoms with Crippen LogP contribution >= 0.6 is 0 Å². The Kier molecular flexibility index (Phi) is 3.27. The van der Waals surface area contributed by atoms with Crippen LogP contribution in [0.15, 0.2) is 18.2 Å². The Morgan fingerprint density at radius 3 is 2.75 bits per heavy atom. The zero-order valence-electron chi connectivity index (χ0n) is 7.60. The minimum absolute atomic E-state index is 0.0724.